The molecule has 0 bridgehead atoms. The minimum absolute atomic E-state index is 0.0297. The van der Waals surface area contributed by atoms with Gasteiger partial charge in [0.1, 0.15) is 0 Å². The lowest BCUT2D eigenvalue weighted by Gasteiger charge is -2.29. The summed E-state index contributed by atoms with van der Waals surface area (Å²) in [6.45, 7) is 5.17. The maximum Gasteiger partial charge on any atom is 0.255 e. The molecule has 4 rings (SSSR count). The number of nitrogens with zero attached hydrogens (tertiary/aromatic N) is 2. The van der Waals surface area contributed by atoms with Crippen molar-refractivity contribution in [1.82, 2.24) is 14.9 Å². The van der Waals surface area contributed by atoms with E-state index in [1.54, 1.807) is 6.92 Å². The molecule has 1 aliphatic heterocycles. The highest BCUT2D eigenvalue weighted by Gasteiger charge is 2.22. The van der Waals surface area contributed by atoms with Gasteiger partial charge in [-0.25, -0.2) is 4.98 Å². The molecule has 5 nitrogen and oxygen atoms in total. The van der Waals surface area contributed by atoms with E-state index in [9.17, 15) is 9.59 Å². The highest BCUT2D eigenvalue weighted by molar-refractivity contribution is 7.99. The quantitative estimate of drug-likeness (QED) is 0.500. The van der Waals surface area contributed by atoms with Crippen LogP contribution in [0.2, 0.25) is 0 Å². The molecule has 0 radical (unpaired) electrons. The number of hydrogen-bond donors (Lipinski definition) is 1. The fourth-order valence-electron chi connectivity index (χ4n) is 3.78. The summed E-state index contributed by atoms with van der Waals surface area (Å²) in [4.78, 5) is 34.9. The second-order valence-electron chi connectivity index (χ2n) is 7.62. The second kappa shape index (κ2) is 8.88. The van der Waals surface area contributed by atoms with Gasteiger partial charge in [-0.05, 0) is 37.0 Å². The van der Waals surface area contributed by atoms with Gasteiger partial charge >= 0.3 is 0 Å². The number of thioether (sulfide) groups is 1. The minimum atomic E-state index is -0.226. The number of aryl methyl sites for hydroxylation is 1. The molecule has 0 saturated heterocycles. The minimum Gasteiger partial charge on any atom is -0.338 e. The Morgan fingerprint density at radius 2 is 1.83 bits per heavy atom. The lowest BCUT2D eigenvalue weighted by Crippen LogP contribution is -2.38. The maximum atomic E-state index is 12.9. The first kappa shape index (κ1) is 20.4. The molecule has 1 unspecified atom stereocenters. The first-order valence-electron chi connectivity index (χ1n) is 10.2. The summed E-state index contributed by atoms with van der Waals surface area (Å²) in [5, 5.41) is 0.742. The third-order valence-corrected chi connectivity index (χ3v) is 6.61. The lowest BCUT2D eigenvalue weighted by atomic mass is 9.99. The number of amides is 1. The highest BCUT2D eigenvalue weighted by atomic mass is 32.2. The summed E-state index contributed by atoms with van der Waals surface area (Å²) in [5.41, 5.74) is 4.50. The zero-order valence-electron chi connectivity index (χ0n) is 17.2. The molecule has 30 heavy (non-hydrogen) atoms. The van der Waals surface area contributed by atoms with Gasteiger partial charge in [0, 0.05) is 29.6 Å². The molecular formula is C24H25N3O2S. The third-order valence-electron chi connectivity index (χ3n) is 5.57. The lowest BCUT2D eigenvalue weighted by molar-refractivity contribution is -0.131. The number of H-pyrrole nitrogens is 1. The molecule has 0 aliphatic carbocycles. The van der Waals surface area contributed by atoms with Crippen LogP contribution in [0.5, 0.6) is 0 Å². The Kier molecular flexibility index (Phi) is 6.04. The van der Waals surface area contributed by atoms with Gasteiger partial charge in [-0.2, -0.15) is 0 Å². The van der Waals surface area contributed by atoms with Gasteiger partial charge in [-0.3, -0.25) is 9.59 Å². The number of hydrogen-bond acceptors (Lipinski definition) is 4. The van der Waals surface area contributed by atoms with E-state index in [-0.39, 0.29) is 23.1 Å². The van der Waals surface area contributed by atoms with Crippen molar-refractivity contribution in [2.75, 3.05) is 6.54 Å². The van der Waals surface area contributed by atoms with Crippen LogP contribution in [0.1, 0.15) is 40.1 Å². The van der Waals surface area contributed by atoms with Crippen molar-refractivity contribution >= 4 is 17.7 Å². The molecule has 2 heterocycles. The van der Waals surface area contributed by atoms with Crippen molar-refractivity contribution in [3.8, 4) is 0 Å². The Bertz CT molecular complexity index is 1110. The Labute approximate surface area is 180 Å². The van der Waals surface area contributed by atoms with E-state index in [4.69, 9.17) is 0 Å². The molecule has 1 aliphatic rings. The number of rotatable bonds is 5. The smallest absolute Gasteiger partial charge is 0.255 e. The topological polar surface area (TPSA) is 66.1 Å². The molecular weight excluding hydrogens is 394 g/mol. The van der Waals surface area contributed by atoms with Crippen LogP contribution >= 0.6 is 11.8 Å². The van der Waals surface area contributed by atoms with Crippen LogP contribution in [-0.2, 0) is 24.2 Å². The predicted molar refractivity (Wildman–Crippen MR) is 120 cm³/mol. The summed E-state index contributed by atoms with van der Waals surface area (Å²) < 4.78 is 0. The largest absolute Gasteiger partial charge is 0.338 e. The summed E-state index contributed by atoms with van der Waals surface area (Å²) in [5.74, 6) is -0.0297. The average Bonchev–Trinajstić information content (AvgIpc) is 2.76. The van der Waals surface area contributed by atoms with Crippen molar-refractivity contribution in [3.63, 3.8) is 0 Å². The number of nitrogens with one attached hydrogen (secondary N) is 1. The zero-order chi connectivity index (χ0) is 21.1. The maximum absolute atomic E-state index is 12.9. The van der Waals surface area contributed by atoms with Crippen molar-refractivity contribution in [3.05, 3.63) is 92.9 Å². The summed E-state index contributed by atoms with van der Waals surface area (Å²) in [7, 11) is 0. The second-order valence-corrected chi connectivity index (χ2v) is 8.95. The molecule has 1 atom stereocenters. The van der Waals surface area contributed by atoms with Crippen molar-refractivity contribution in [1.29, 1.82) is 0 Å². The standard InChI is InChI=1S/C24H25N3O2S/c1-16-21(14-22(28)27-13-12-19-10-6-7-11-20(19)15-27)23(29)26-24(25-16)30-17(2)18-8-4-3-5-9-18/h3-11,17H,12-15H2,1-2H3,(H,25,26,29). The van der Waals surface area contributed by atoms with Crippen LogP contribution in [0.4, 0.5) is 0 Å². The molecule has 0 saturated carbocycles. The fraction of sp³-hybridized carbons (Fsp3) is 0.292. The van der Waals surface area contributed by atoms with Crippen LogP contribution in [0.15, 0.2) is 64.5 Å². The number of carbonyl (C=O) groups is 1. The Balaban J connectivity index is 1.46. The van der Waals surface area contributed by atoms with Gasteiger partial charge in [0.05, 0.1) is 6.42 Å². The van der Waals surface area contributed by atoms with Crippen LogP contribution in [0.25, 0.3) is 0 Å². The van der Waals surface area contributed by atoms with E-state index in [0.717, 1.165) is 6.42 Å². The Morgan fingerprint density at radius 3 is 2.57 bits per heavy atom. The molecule has 154 valence electrons. The molecule has 1 aromatic heterocycles. The van der Waals surface area contributed by atoms with E-state index >= 15 is 0 Å². The van der Waals surface area contributed by atoms with Gasteiger partial charge in [-0.1, -0.05) is 66.4 Å². The molecule has 1 amide bonds. The van der Waals surface area contributed by atoms with E-state index in [1.807, 2.05) is 35.2 Å². The molecule has 1 N–H and O–H groups in total. The van der Waals surface area contributed by atoms with Crippen molar-refractivity contribution < 1.29 is 4.79 Å². The summed E-state index contributed by atoms with van der Waals surface area (Å²) >= 11 is 1.51. The SMILES string of the molecule is Cc1nc(SC(C)c2ccccc2)[nH]c(=O)c1CC(=O)N1CCc2ccccc2C1. The van der Waals surface area contributed by atoms with Crippen LogP contribution in [-0.4, -0.2) is 27.3 Å². The van der Waals surface area contributed by atoms with E-state index in [0.29, 0.717) is 29.5 Å². The van der Waals surface area contributed by atoms with E-state index in [1.165, 1.54) is 28.5 Å². The van der Waals surface area contributed by atoms with Gasteiger partial charge < -0.3 is 9.88 Å². The number of aromatic nitrogens is 2. The van der Waals surface area contributed by atoms with Crippen LogP contribution in [0, 0.1) is 6.92 Å². The predicted octanol–water partition coefficient (Wildman–Crippen LogP) is 4.06. The van der Waals surface area contributed by atoms with Gasteiger partial charge in [0.25, 0.3) is 5.56 Å². The molecule has 0 fully saturated rings. The number of fused-ring (bicyclic) bond motifs is 1. The Hall–Kier alpha value is -2.86. The molecule has 6 heteroatoms. The van der Waals surface area contributed by atoms with E-state index < -0.39 is 0 Å². The fourth-order valence-corrected chi connectivity index (χ4v) is 4.75. The zero-order valence-corrected chi connectivity index (χ0v) is 18.0. The van der Waals surface area contributed by atoms with Gasteiger partial charge in [-0.15, -0.1) is 0 Å². The van der Waals surface area contributed by atoms with Crippen LogP contribution < -0.4 is 5.56 Å². The molecule has 0 spiro atoms. The van der Waals surface area contributed by atoms with Crippen molar-refractivity contribution in [2.45, 2.75) is 43.6 Å². The van der Waals surface area contributed by atoms with Crippen molar-refractivity contribution in [2.24, 2.45) is 0 Å². The summed E-state index contributed by atoms with van der Waals surface area (Å²) in [6.07, 6.45) is 0.929. The Morgan fingerprint density at radius 1 is 1.13 bits per heavy atom. The van der Waals surface area contributed by atoms with Crippen LogP contribution in [0.3, 0.4) is 0 Å². The number of benzene rings is 2. The number of carbonyl (C=O) groups excluding carboxylic acids is 1. The van der Waals surface area contributed by atoms with Gasteiger partial charge in [0.2, 0.25) is 5.91 Å². The molecule has 2 aromatic carbocycles. The van der Waals surface area contributed by atoms with E-state index in [2.05, 4.69) is 41.2 Å². The summed E-state index contributed by atoms with van der Waals surface area (Å²) in [6, 6.07) is 18.3. The first-order chi connectivity index (χ1) is 14.5. The molecule has 3 aromatic rings. The average molecular weight is 420 g/mol. The normalized spacial score (nSPS) is 14.3. The monoisotopic (exact) mass is 419 g/mol. The van der Waals surface area contributed by atoms with Gasteiger partial charge in [0.15, 0.2) is 5.16 Å². The first-order valence-corrected chi connectivity index (χ1v) is 11.0. The third kappa shape index (κ3) is 4.49. The highest BCUT2D eigenvalue weighted by Crippen LogP contribution is 2.32. The number of aromatic amines is 1.